The predicted molar refractivity (Wildman–Crippen MR) is 48.5 cm³/mol. The lowest BCUT2D eigenvalue weighted by Gasteiger charge is -2.23. The van der Waals surface area contributed by atoms with Crippen molar-refractivity contribution in [3.05, 3.63) is 0 Å². The summed E-state index contributed by atoms with van der Waals surface area (Å²) in [6.45, 7) is 3.58. The van der Waals surface area contributed by atoms with Crippen LogP contribution in [0.25, 0.3) is 0 Å². The second kappa shape index (κ2) is 6.32. The van der Waals surface area contributed by atoms with Gasteiger partial charge in [-0.05, 0) is 32.6 Å². The fourth-order valence-electron chi connectivity index (χ4n) is 1.36. The quantitative estimate of drug-likeness (QED) is 0.640. The minimum absolute atomic E-state index is 0.0142. The molecule has 1 aliphatic rings. The van der Waals surface area contributed by atoms with E-state index in [0.717, 1.165) is 38.9 Å². The third-order valence-electron chi connectivity index (χ3n) is 2.19. The average Bonchev–Trinajstić information content (AvgIpc) is 2.19. The fraction of sp³-hybridized carbons (Fsp3) is 1.00. The van der Waals surface area contributed by atoms with E-state index in [4.69, 9.17) is 14.7 Å². The van der Waals surface area contributed by atoms with Gasteiger partial charge in [0, 0.05) is 6.04 Å². The Morgan fingerprint density at radius 1 is 1.46 bits per heavy atom. The van der Waals surface area contributed by atoms with Gasteiger partial charge in [-0.1, -0.05) is 0 Å². The standard InChI is InChI=1S/C9H19NO3/c1-8(10-11)4-2-5-9-12-6-3-7-13-9/h8-11H,2-7H2,1H3/t8-/m0/s1. The van der Waals surface area contributed by atoms with E-state index < -0.39 is 0 Å². The molecule has 2 N–H and O–H groups in total. The van der Waals surface area contributed by atoms with Crippen molar-refractivity contribution >= 4 is 0 Å². The van der Waals surface area contributed by atoms with Gasteiger partial charge >= 0.3 is 0 Å². The highest BCUT2D eigenvalue weighted by molar-refractivity contribution is 4.57. The van der Waals surface area contributed by atoms with E-state index in [1.54, 1.807) is 0 Å². The van der Waals surface area contributed by atoms with E-state index in [2.05, 4.69) is 5.48 Å². The summed E-state index contributed by atoms with van der Waals surface area (Å²) in [5, 5.41) is 8.56. The van der Waals surface area contributed by atoms with Gasteiger partial charge < -0.3 is 14.7 Å². The van der Waals surface area contributed by atoms with E-state index in [-0.39, 0.29) is 12.3 Å². The second-order valence-corrected chi connectivity index (χ2v) is 3.49. The van der Waals surface area contributed by atoms with Crippen molar-refractivity contribution in [1.82, 2.24) is 5.48 Å². The molecule has 0 spiro atoms. The van der Waals surface area contributed by atoms with Crippen molar-refractivity contribution < 1.29 is 14.7 Å². The zero-order valence-corrected chi connectivity index (χ0v) is 8.16. The summed E-state index contributed by atoms with van der Waals surface area (Å²) in [7, 11) is 0. The minimum atomic E-state index is -0.0142. The molecule has 4 heteroatoms. The fourth-order valence-corrected chi connectivity index (χ4v) is 1.36. The molecule has 1 atom stereocenters. The number of rotatable bonds is 5. The summed E-state index contributed by atoms with van der Waals surface area (Å²) in [6, 6.07) is 0.156. The minimum Gasteiger partial charge on any atom is -0.353 e. The number of hydroxylamine groups is 1. The normalized spacial score (nSPS) is 21.7. The van der Waals surface area contributed by atoms with Crippen LogP contribution in [0.15, 0.2) is 0 Å². The van der Waals surface area contributed by atoms with Crippen LogP contribution in [-0.2, 0) is 9.47 Å². The van der Waals surface area contributed by atoms with Gasteiger partial charge in [0.2, 0.25) is 0 Å². The molecule has 1 heterocycles. The molecule has 0 radical (unpaired) electrons. The van der Waals surface area contributed by atoms with E-state index in [1.165, 1.54) is 0 Å². The van der Waals surface area contributed by atoms with E-state index in [9.17, 15) is 0 Å². The van der Waals surface area contributed by atoms with E-state index in [1.807, 2.05) is 6.92 Å². The van der Waals surface area contributed by atoms with Gasteiger partial charge in [0.05, 0.1) is 13.2 Å². The first-order chi connectivity index (χ1) is 6.33. The van der Waals surface area contributed by atoms with Gasteiger partial charge in [0.1, 0.15) is 0 Å². The van der Waals surface area contributed by atoms with Gasteiger partial charge in [-0.2, -0.15) is 0 Å². The molecular formula is C9H19NO3. The van der Waals surface area contributed by atoms with Crippen molar-refractivity contribution in [3.8, 4) is 0 Å². The zero-order valence-electron chi connectivity index (χ0n) is 8.16. The Balaban J connectivity index is 1.98. The molecule has 0 amide bonds. The number of nitrogens with one attached hydrogen (secondary N) is 1. The van der Waals surface area contributed by atoms with Crippen molar-refractivity contribution in [2.24, 2.45) is 0 Å². The van der Waals surface area contributed by atoms with E-state index >= 15 is 0 Å². The van der Waals surface area contributed by atoms with E-state index in [0.29, 0.717) is 0 Å². The Morgan fingerprint density at radius 3 is 2.77 bits per heavy atom. The lowest BCUT2D eigenvalue weighted by molar-refractivity contribution is -0.181. The summed E-state index contributed by atoms with van der Waals surface area (Å²) in [5.41, 5.74) is 2.22. The zero-order chi connectivity index (χ0) is 9.52. The molecule has 1 aliphatic heterocycles. The molecule has 0 unspecified atom stereocenters. The lowest BCUT2D eigenvalue weighted by Crippen LogP contribution is -2.26. The average molecular weight is 189 g/mol. The van der Waals surface area contributed by atoms with Gasteiger partial charge in [-0.3, -0.25) is 0 Å². The maximum atomic E-state index is 8.56. The van der Waals surface area contributed by atoms with Crippen LogP contribution in [0.1, 0.15) is 32.6 Å². The Kier molecular flexibility index (Phi) is 5.31. The van der Waals surface area contributed by atoms with Crippen LogP contribution in [0, 0.1) is 0 Å². The third kappa shape index (κ3) is 4.57. The molecule has 78 valence electrons. The van der Waals surface area contributed by atoms with Crippen molar-refractivity contribution in [3.63, 3.8) is 0 Å². The largest absolute Gasteiger partial charge is 0.353 e. The van der Waals surface area contributed by atoms with Gasteiger partial charge in [-0.15, -0.1) is 0 Å². The Labute approximate surface area is 79.2 Å². The van der Waals surface area contributed by atoms with Crippen LogP contribution in [0.4, 0.5) is 0 Å². The SMILES string of the molecule is C[C@@H](CCCC1OCCCO1)NO. The predicted octanol–water partition coefficient (Wildman–Crippen LogP) is 1.29. The summed E-state index contributed by atoms with van der Waals surface area (Å²) in [5.74, 6) is 0. The lowest BCUT2D eigenvalue weighted by atomic mass is 10.1. The van der Waals surface area contributed by atoms with Gasteiger partial charge in [0.15, 0.2) is 6.29 Å². The Bertz CT molecular complexity index is 126. The molecule has 1 saturated heterocycles. The topological polar surface area (TPSA) is 50.7 Å². The van der Waals surface area contributed by atoms with Crippen molar-refractivity contribution in [2.75, 3.05) is 13.2 Å². The summed E-state index contributed by atoms with van der Waals surface area (Å²) in [4.78, 5) is 0. The maximum absolute atomic E-state index is 8.56. The molecule has 0 aliphatic carbocycles. The molecule has 4 nitrogen and oxygen atoms in total. The van der Waals surface area contributed by atoms with Crippen LogP contribution in [0.5, 0.6) is 0 Å². The van der Waals surface area contributed by atoms with Crippen LogP contribution in [-0.4, -0.2) is 30.8 Å². The highest BCUT2D eigenvalue weighted by Crippen LogP contribution is 2.12. The number of ether oxygens (including phenoxy) is 2. The molecule has 0 saturated carbocycles. The highest BCUT2D eigenvalue weighted by atomic mass is 16.7. The first-order valence-corrected chi connectivity index (χ1v) is 4.95. The molecule has 0 aromatic heterocycles. The molecule has 13 heavy (non-hydrogen) atoms. The maximum Gasteiger partial charge on any atom is 0.157 e. The highest BCUT2D eigenvalue weighted by Gasteiger charge is 2.13. The molecule has 1 rings (SSSR count). The third-order valence-corrected chi connectivity index (χ3v) is 2.19. The number of hydrogen-bond donors (Lipinski definition) is 2. The molecule has 0 aromatic carbocycles. The number of hydrogen-bond acceptors (Lipinski definition) is 4. The van der Waals surface area contributed by atoms with Gasteiger partial charge in [-0.25, -0.2) is 5.48 Å². The van der Waals surface area contributed by atoms with Crippen molar-refractivity contribution in [2.45, 2.75) is 44.9 Å². The van der Waals surface area contributed by atoms with Crippen LogP contribution >= 0.6 is 0 Å². The van der Waals surface area contributed by atoms with Gasteiger partial charge in [0.25, 0.3) is 0 Å². The first-order valence-electron chi connectivity index (χ1n) is 4.95. The summed E-state index contributed by atoms with van der Waals surface area (Å²) in [6.07, 6.45) is 3.87. The molecule has 1 fully saturated rings. The Hall–Kier alpha value is -0.160. The van der Waals surface area contributed by atoms with Crippen LogP contribution in [0.2, 0.25) is 0 Å². The molecule has 0 aromatic rings. The smallest absolute Gasteiger partial charge is 0.157 e. The van der Waals surface area contributed by atoms with Crippen LogP contribution in [0.3, 0.4) is 0 Å². The van der Waals surface area contributed by atoms with Crippen molar-refractivity contribution in [1.29, 1.82) is 0 Å². The summed E-state index contributed by atoms with van der Waals surface area (Å²) < 4.78 is 10.8. The summed E-state index contributed by atoms with van der Waals surface area (Å²) >= 11 is 0. The first kappa shape index (κ1) is 10.9. The Morgan fingerprint density at radius 2 is 2.15 bits per heavy atom. The second-order valence-electron chi connectivity index (χ2n) is 3.49. The molecule has 0 bridgehead atoms. The van der Waals surface area contributed by atoms with Crippen LogP contribution < -0.4 is 5.48 Å². The molecular weight excluding hydrogens is 170 g/mol. The monoisotopic (exact) mass is 189 g/mol.